The lowest BCUT2D eigenvalue weighted by Gasteiger charge is -2.41. The van der Waals surface area contributed by atoms with Gasteiger partial charge in [0, 0.05) is 26.7 Å². The number of rotatable bonds is 7. The van der Waals surface area contributed by atoms with Gasteiger partial charge in [-0.05, 0) is 50.6 Å². The fourth-order valence-electron chi connectivity index (χ4n) is 4.22. The van der Waals surface area contributed by atoms with Gasteiger partial charge in [-0.3, -0.25) is 0 Å². The Labute approximate surface area is 131 Å². The Morgan fingerprint density at radius 1 is 1.14 bits per heavy atom. The van der Waals surface area contributed by atoms with Crippen LogP contribution in [0.4, 0.5) is 0 Å². The Bertz CT molecular complexity index is 274. The lowest BCUT2D eigenvalue weighted by molar-refractivity contribution is 0.0109. The van der Waals surface area contributed by atoms with E-state index in [2.05, 4.69) is 17.1 Å². The number of ether oxygens (including phenoxy) is 1. The first-order valence-electron chi connectivity index (χ1n) is 9.24. The third-order valence-electron chi connectivity index (χ3n) is 5.45. The van der Waals surface area contributed by atoms with Crippen LogP contribution in [0.15, 0.2) is 0 Å². The van der Waals surface area contributed by atoms with Crippen molar-refractivity contribution in [2.45, 2.75) is 70.8 Å². The minimum Gasteiger partial charge on any atom is -0.380 e. The summed E-state index contributed by atoms with van der Waals surface area (Å²) in [6.07, 6.45) is 12.8. The fourth-order valence-corrected chi connectivity index (χ4v) is 4.22. The number of piperidine rings is 1. The second-order valence-corrected chi connectivity index (χ2v) is 7.33. The van der Waals surface area contributed by atoms with E-state index in [1.807, 2.05) is 7.11 Å². The highest BCUT2D eigenvalue weighted by atomic mass is 16.5. The summed E-state index contributed by atoms with van der Waals surface area (Å²) in [4.78, 5) is 2.69. The summed E-state index contributed by atoms with van der Waals surface area (Å²) < 4.78 is 5.61. The van der Waals surface area contributed by atoms with E-state index in [9.17, 15) is 0 Å². The van der Waals surface area contributed by atoms with Gasteiger partial charge in [0.05, 0.1) is 6.10 Å². The zero-order valence-corrected chi connectivity index (χ0v) is 14.3. The van der Waals surface area contributed by atoms with Gasteiger partial charge < -0.3 is 15.0 Å². The molecule has 1 aliphatic heterocycles. The van der Waals surface area contributed by atoms with E-state index >= 15 is 0 Å². The van der Waals surface area contributed by atoms with E-state index < -0.39 is 0 Å². The molecule has 1 aliphatic carbocycles. The van der Waals surface area contributed by atoms with Gasteiger partial charge in [-0.15, -0.1) is 0 Å². The summed E-state index contributed by atoms with van der Waals surface area (Å²) in [5.74, 6) is 0. The molecule has 0 aromatic rings. The van der Waals surface area contributed by atoms with Crippen LogP contribution in [-0.4, -0.2) is 50.8 Å². The predicted octanol–water partition coefficient (Wildman–Crippen LogP) is 3.44. The Balaban J connectivity index is 1.93. The molecule has 1 atom stereocenters. The van der Waals surface area contributed by atoms with Gasteiger partial charge in [0.1, 0.15) is 0 Å². The number of hydrogen-bond donors (Lipinski definition) is 1. The average molecular weight is 296 g/mol. The molecule has 1 N–H and O–H groups in total. The normalized spacial score (nSPS) is 27.4. The number of hydrogen-bond acceptors (Lipinski definition) is 3. The van der Waals surface area contributed by atoms with Crippen LogP contribution in [0.2, 0.25) is 0 Å². The van der Waals surface area contributed by atoms with E-state index in [0.29, 0.717) is 11.5 Å². The van der Waals surface area contributed by atoms with Gasteiger partial charge >= 0.3 is 0 Å². The Morgan fingerprint density at radius 2 is 1.90 bits per heavy atom. The number of nitrogens with one attached hydrogen (secondary N) is 1. The Kier molecular flexibility index (Phi) is 7.48. The zero-order chi connectivity index (χ0) is 15.0. The van der Waals surface area contributed by atoms with Crippen LogP contribution < -0.4 is 5.32 Å². The van der Waals surface area contributed by atoms with Crippen LogP contribution in [0.3, 0.4) is 0 Å². The van der Waals surface area contributed by atoms with E-state index in [-0.39, 0.29) is 0 Å². The molecule has 1 heterocycles. The summed E-state index contributed by atoms with van der Waals surface area (Å²) in [5.41, 5.74) is 0.515. The van der Waals surface area contributed by atoms with Gasteiger partial charge in [0.25, 0.3) is 0 Å². The lowest BCUT2D eigenvalue weighted by Crippen LogP contribution is -2.48. The van der Waals surface area contributed by atoms with Crippen molar-refractivity contribution < 1.29 is 4.74 Å². The molecule has 0 aromatic carbocycles. The Hall–Kier alpha value is -0.120. The van der Waals surface area contributed by atoms with E-state index in [0.717, 1.165) is 6.54 Å². The smallest absolute Gasteiger partial charge is 0.0698 e. The molecular formula is C18H36N2O. The van der Waals surface area contributed by atoms with E-state index in [1.165, 1.54) is 84.0 Å². The molecule has 2 rings (SSSR count). The molecule has 0 radical (unpaired) electrons. The monoisotopic (exact) mass is 296 g/mol. The molecule has 1 saturated heterocycles. The molecule has 21 heavy (non-hydrogen) atoms. The van der Waals surface area contributed by atoms with Crippen LogP contribution in [0.1, 0.15) is 64.7 Å². The van der Waals surface area contributed by atoms with Crippen molar-refractivity contribution in [3.05, 3.63) is 0 Å². The van der Waals surface area contributed by atoms with Gasteiger partial charge in [-0.1, -0.05) is 32.6 Å². The van der Waals surface area contributed by atoms with Crippen LogP contribution in [-0.2, 0) is 4.74 Å². The van der Waals surface area contributed by atoms with Gasteiger partial charge in [-0.25, -0.2) is 0 Å². The van der Waals surface area contributed by atoms with Crippen LogP contribution in [0.25, 0.3) is 0 Å². The first-order chi connectivity index (χ1) is 10.3. The molecule has 0 bridgehead atoms. The topological polar surface area (TPSA) is 24.5 Å². The van der Waals surface area contributed by atoms with Crippen molar-refractivity contribution >= 4 is 0 Å². The van der Waals surface area contributed by atoms with Crippen molar-refractivity contribution in [2.24, 2.45) is 5.41 Å². The third kappa shape index (κ3) is 5.54. The SMILES string of the molecule is CCCNCC1(CN2CCCC(OC)C2)CCCCCC1. The lowest BCUT2D eigenvalue weighted by atomic mass is 9.79. The molecule has 2 fully saturated rings. The number of nitrogens with zero attached hydrogens (tertiary/aromatic N) is 1. The third-order valence-corrected chi connectivity index (χ3v) is 5.45. The van der Waals surface area contributed by atoms with Crippen molar-refractivity contribution in [2.75, 3.05) is 39.8 Å². The summed E-state index contributed by atoms with van der Waals surface area (Å²) in [5, 5.41) is 3.73. The number of methoxy groups -OCH3 is 1. The molecule has 3 heteroatoms. The maximum atomic E-state index is 5.61. The molecule has 3 nitrogen and oxygen atoms in total. The van der Waals surface area contributed by atoms with Crippen LogP contribution >= 0.6 is 0 Å². The average Bonchev–Trinajstić information content (AvgIpc) is 2.74. The first kappa shape index (κ1) is 17.2. The standard InChI is InChI=1S/C18H36N2O/c1-3-12-19-15-18(10-6-4-5-7-11-18)16-20-13-8-9-17(14-20)21-2/h17,19H,3-16H2,1-2H3. The second-order valence-electron chi connectivity index (χ2n) is 7.33. The summed E-state index contributed by atoms with van der Waals surface area (Å²) >= 11 is 0. The summed E-state index contributed by atoms with van der Waals surface area (Å²) in [6.45, 7) is 8.35. The van der Waals surface area contributed by atoms with Crippen molar-refractivity contribution in [3.63, 3.8) is 0 Å². The second kappa shape index (κ2) is 9.12. The minimum atomic E-state index is 0.463. The first-order valence-corrected chi connectivity index (χ1v) is 9.24. The molecule has 1 saturated carbocycles. The van der Waals surface area contributed by atoms with Gasteiger partial charge in [0.2, 0.25) is 0 Å². The molecule has 2 aliphatic rings. The Morgan fingerprint density at radius 3 is 2.57 bits per heavy atom. The highest BCUT2D eigenvalue weighted by molar-refractivity contribution is 4.88. The predicted molar refractivity (Wildman–Crippen MR) is 89.8 cm³/mol. The molecule has 0 amide bonds. The van der Waals surface area contributed by atoms with E-state index in [1.54, 1.807) is 0 Å². The van der Waals surface area contributed by atoms with Gasteiger partial charge in [0.15, 0.2) is 0 Å². The molecule has 0 spiro atoms. The molecule has 124 valence electrons. The highest BCUT2D eigenvalue weighted by Gasteiger charge is 2.34. The largest absolute Gasteiger partial charge is 0.380 e. The summed E-state index contributed by atoms with van der Waals surface area (Å²) in [6, 6.07) is 0. The van der Waals surface area contributed by atoms with Crippen LogP contribution in [0.5, 0.6) is 0 Å². The number of likely N-dealkylation sites (tertiary alicyclic amines) is 1. The molecule has 1 unspecified atom stereocenters. The minimum absolute atomic E-state index is 0.463. The van der Waals surface area contributed by atoms with Crippen molar-refractivity contribution in [1.82, 2.24) is 10.2 Å². The molecule has 0 aromatic heterocycles. The maximum Gasteiger partial charge on any atom is 0.0698 e. The maximum absolute atomic E-state index is 5.61. The zero-order valence-electron chi connectivity index (χ0n) is 14.3. The van der Waals surface area contributed by atoms with Gasteiger partial charge in [-0.2, -0.15) is 0 Å². The van der Waals surface area contributed by atoms with E-state index in [4.69, 9.17) is 4.74 Å². The fraction of sp³-hybridized carbons (Fsp3) is 1.00. The summed E-state index contributed by atoms with van der Waals surface area (Å²) in [7, 11) is 1.87. The molecular weight excluding hydrogens is 260 g/mol. The van der Waals surface area contributed by atoms with Crippen molar-refractivity contribution in [3.8, 4) is 0 Å². The highest BCUT2D eigenvalue weighted by Crippen LogP contribution is 2.36. The van der Waals surface area contributed by atoms with Crippen molar-refractivity contribution in [1.29, 1.82) is 0 Å². The quantitative estimate of drug-likeness (QED) is 0.575. The van der Waals surface area contributed by atoms with Crippen LogP contribution in [0, 0.1) is 5.41 Å².